The molecule has 2 aromatic heterocycles. The molecule has 0 bridgehead atoms. The van der Waals surface area contributed by atoms with E-state index in [1.54, 1.807) is 22.9 Å². The molecule has 19 heavy (non-hydrogen) atoms. The van der Waals surface area contributed by atoms with Gasteiger partial charge in [-0.25, -0.2) is 9.78 Å². The maximum Gasteiger partial charge on any atom is 0.328 e. The molecule has 2 heterocycles. The third-order valence-corrected chi connectivity index (χ3v) is 2.57. The molecule has 0 spiro atoms. The Kier molecular flexibility index (Phi) is 3.76. The molecule has 0 saturated carbocycles. The number of nitrogens with zero attached hydrogens (tertiary/aromatic N) is 2. The highest BCUT2D eigenvalue weighted by Gasteiger charge is 2.19. The summed E-state index contributed by atoms with van der Waals surface area (Å²) in [5.41, 5.74) is 1.24. The van der Waals surface area contributed by atoms with Crippen LogP contribution in [0.25, 0.3) is 5.65 Å². The summed E-state index contributed by atoms with van der Waals surface area (Å²) < 4.78 is 1.77. The highest BCUT2D eigenvalue weighted by Crippen LogP contribution is 2.05. The lowest BCUT2D eigenvalue weighted by atomic mass is 10.2. The van der Waals surface area contributed by atoms with Crippen molar-refractivity contribution in [3.05, 3.63) is 36.3 Å². The van der Waals surface area contributed by atoms with Gasteiger partial charge < -0.3 is 19.9 Å². The molecule has 3 N–H and O–H groups in total. The molecule has 0 radical (unpaired) electrons. The van der Waals surface area contributed by atoms with Crippen LogP contribution in [0.5, 0.6) is 0 Å². The summed E-state index contributed by atoms with van der Waals surface area (Å²) in [6.07, 6.45) is 3.46. The Hall–Kier alpha value is -2.41. The molecular formula is C12H13N3O4. The predicted molar refractivity (Wildman–Crippen MR) is 65.5 cm³/mol. The van der Waals surface area contributed by atoms with Crippen molar-refractivity contribution in [1.29, 1.82) is 0 Å². The number of aliphatic hydroxyl groups excluding tert-OH is 1. The number of hydrogen-bond acceptors (Lipinski definition) is 4. The van der Waals surface area contributed by atoms with Crippen molar-refractivity contribution in [2.24, 2.45) is 0 Å². The molecule has 7 heteroatoms. The second-order valence-electron chi connectivity index (χ2n) is 4.02. The van der Waals surface area contributed by atoms with Crippen LogP contribution in [0, 0.1) is 0 Å². The van der Waals surface area contributed by atoms with Crippen LogP contribution in [0.1, 0.15) is 5.69 Å². The number of amides is 1. The standard InChI is InChI=1S/C12H13N3O4/c16-7-9(12(18)19)14-11(17)5-8-6-15-4-2-1-3-10(15)13-8/h1-4,6,9,16H,5,7H2,(H,14,17)(H,18,19). The van der Waals surface area contributed by atoms with E-state index in [1.807, 2.05) is 12.1 Å². The van der Waals surface area contributed by atoms with Crippen molar-refractivity contribution < 1.29 is 19.8 Å². The lowest BCUT2D eigenvalue weighted by Gasteiger charge is -2.10. The van der Waals surface area contributed by atoms with Crippen molar-refractivity contribution in [2.45, 2.75) is 12.5 Å². The molecule has 1 amide bonds. The number of aromatic nitrogens is 2. The average molecular weight is 263 g/mol. The highest BCUT2D eigenvalue weighted by molar-refractivity contribution is 5.84. The Morgan fingerprint density at radius 2 is 2.21 bits per heavy atom. The summed E-state index contributed by atoms with van der Waals surface area (Å²) >= 11 is 0. The van der Waals surface area contributed by atoms with Gasteiger partial charge >= 0.3 is 5.97 Å². The van der Waals surface area contributed by atoms with Gasteiger partial charge in [-0.2, -0.15) is 0 Å². The van der Waals surface area contributed by atoms with Gasteiger partial charge in [-0.1, -0.05) is 6.07 Å². The molecule has 7 nitrogen and oxygen atoms in total. The van der Waals surface area contributed by atoms with Gasteiger partial charge in [0.1, 0.15) is 11.7 Å². The van der Waals surface area contributed by atoms with Crippen LogP contribution in [0.3, 0.4) is 0 Å². The molecular weight excluding hydrogens is 250 g/mol. The number of imidazole rings is 1. The Labute approximate surface area is 108 Å². The van der Waals surface area contributed by atoms with Gasteiger partial charge in [0.15, 0.2) is 0 Å². The molecule has 0 aliphatic rings. The van der Waals surface area contributed by atoms with Crippen LogP contribution in [-0.2, 0) is 16.0 Å². The average Bonchev–Trinajstić information content (AvgIpc) is 2.77. The molecule has 1 atom stereocenters. The molecule has 1 unspecified atom stereocenters. The zero-order valence-corrected chi connectivity index (χ0v) is 9.98. The van der Waals surface area contributed by atoms with Gasteiger partial charge in [0.05, 0.1) is 18.7 Å². The minimum absolute atomic E-state index is 0.0362. The van der Waals surface area contributed by atoms with E-state index >= 15 is 0 Å². The largest absolute Gasteiger partial charge is 0.480 e. The van der Waals surface area contributed by atoms with Crippen molar-refractivity contribution in [1.82, 2.24) is 14.7 Å². The third-order valence-electron chi connectivity index (χ3n) is 2.57. The smallest absolute Gasteiger partial charge is 0.328 e. The van der Waals surface area contributed by atoms with E-state index < -0.39 is 24.5 Å². The number of carbonyl (C=O) groups excluding carboxylic acids is 1. The van der Waals surface area contributed by atoms with E-state index in [0.29, 0.717) is 11.3 Å². The summed E-state index contributed by atoms with van der Waals surface area (Å²) in [6.45, 7) is -0.647. The quantitative estimate of drug-likeness (QED) is 0.670. The number of rotatable bonds is 5. The van der Waals surface area contributed by atoms with Gasteiger partial charge in [0.25, 0.3) is 0 Å². The predicted octanol–water partition coefficient (Wildman–Crippen LogP) is -0.562. The van der Waals surface area contributed by atoms with Crippen LogP contribution in [-0.4, -0.2) is 44.1 Å². The number of aliphatic hydroxyl groups is 1. The van der Waals surface area contributed by atoms with E-state index in [1.165, 1.54) is 0 Å². The lowest BCUT2D eigenvalue weighted by Crippen LogP contribution is -2.43. The topological polar surface area (TPSA) is 104 Å². The fourth-order valence-corrected chi connectivity index (χ4v) is 1.67. The van der Waals surface area contributed by atoms with E-state index in [4.69, 9.17) is 10.2 Å². The highest BCUT2D eigenvalue weighted by atomic mass is 16.4. The minimum atomic E-state index is -1.29. The first-order valence-corrected chi connectivity index (χ1v) is 5.66. The molecule has 0 aliphatic heterocycles. The van der Waals surface area contributed by atoms with Crippen molar-refractivity contribution in [3.8, 4) is 0 Å². The molecule has 2 rings (SSSR count). The van der Waals surface area contributed by atoms with Crippen molar-refractivity contribution in [2.75, 3.05) is 6.61 Å². The minimum Gasteiger partial charge on any atom is -0.480 e. The second kappa shape index (κ2) is 5.49. The van der Waals surface area contributed by atoms with E-state index in [-0.39, 0.29) is 6.42 Å². The van der Waals surface area contributed by atoms with Crippen LogP contribution in [0.2, 0.25) is 0 Å². The number of carbonyl (C=O) groups is 2. The van der Waals surface area contributed by atoms with E-state index in [9.17, 15) is 9.59 Å². The van der Waals surface area contributed by atoms with Crippen molar-refractivity contribution in [3.63, 3.8) is 0 Å². The number of carboxylic acid groups (broad SMARTS) is 1. The number of pyridine rings is 1. The summed E-state index contributed by atoms with van der Waals surface area (Å²) in [5, 5.41) is 19.7. The number of aliphatic carboxylic acids is 1. The van der Waals surface area contributed by atoms with Gasteiger partial charge in [-0.3, -0.25) is 4.79 Å². The molecule has 0 saturated heterocycles. The van der Waals surface area contributed by atoms with Gasteiger partial charge in [-0.15, -0.1) is 0 Å². The summed E-state index contributed by atoms with van der Waals surface area (Å²) in [4.78, 5) is 26.5. The van der Waals surface area contributed by atoms with Gasteiger partial charge in [0, 0.05) is 12.4 Å². The third kappa shape index (κ3) is 3.08. The maximum atomic E-state index is 11.6. The first-order valence-electron chi connectivity index (χ1n) is 5.66. The SMILES string of the molecule is O=C(Cc1cn2ccccc2n1)NC(CO)C(=O)O. The van der Waals surface area contributed by atoms with E-state index in [2.05, 4.69) is 10.3 Å². The monoisotopic (exact) mass is 263 g/mol. The van der Waals surface area contributed by atoms with Crippen LogP contribution >= 0.6 is 0 Å². The van der Waals surface area contributed by atoms with Crippen LogP contribution < -0.4 is 5.32 Å². The molecule has 0 aliphatic carbocycles. The fraction of sp³-hybridized carbons (Fsp3) is 0.250. The number of fused-ring (bicyclic) bond motifs is 1. The zero-order chi connectivity index (χ0) is 13.8. The Morgan fingerprint density at radius 3 is 2.84 bits per heavy atom. The van der Waals surface area contributed by atoms with Crippen LogP contribution in [0.15, 0.2) is 30.6 Å². The van der Waals surface area contributed by atoms with E-state index in [0.717, 1.165) is 0 Å². The summed E-state index contributed by atoms with van der Waals surface area (Å²) in [5.74, 6) is -1.77. The summed E-state index contributed by atoms with van der Waals surface area (Å²) in [7, 11) is 0. The fourth-order valence-electron chi connectivity index (χ4n) is 1.67. The number of hydrogen-bond donors (Lipinski definition) is 3. The Balaban J connectivity index is 2.04. The first kappa shape index (κ1) is 13.0. The molecule has 2 aromatic rings. The Bertz CT molecular complexity index is 575. The zero-order valence-electron chi connectivity index (χ0n) is 9.98. The molecule has 0 fully saturated rings. The number of carboxylic acids is 1. The van der Waals surface area contributed by atoms with Crippen LogP contribution in [0.4, 0.5) is 0 Å². The maximum absolute atomic E-state index is 11.6. The first-order chi connectivity index (χ1) is 9.10. The molecule has 100 valence electrons. The summed E-state index contributed by atoms with van der Waals surface area (Å²) in [6, 6.07) is 4.18. The lowest BCUT2D eigenvalue weighted by molar-refractivity contribution is -0.142. The normalized spacial score (nSPS) is 12.3. The van der Waals surface area contributed by atoms with Crippen molar-refractivity contribution >= 4 is 17.5 Å². The van der Waals surface area contributed by atoms with Gasteiger partial charge in [0.2, 0.25) is 5.91 Å². The Morgan fingerprint density at radius 1 is 1.42 bits per heavy atom. The number of nitrogens with one attached hydrogen (secondary N) is 1. The van der Waals surface area contributed by atoms with Gasteiger partial charge in [-0.05, 0) is 12.1 Å². The molecule has 0 aromatic carbocycles. The second-order valence-corrected chi connectivity index (χ2v) is 4.02.